The molecule has 2 aromatic rings. The summed E-state index contributed by atoms with van der Waals surface area (Å²) in [7, 11) is 0. The highest BCUT2D eigenvalue weighted by Crippen LogP contribution is 2.14. The molecule has 1 aromatic carbocycles. The molecule has 0 spiro atoms. The van der Waals surface area contributed by atoms with Gasteiger partial charge in [-0.25, -0.2) is 0 Å². The lowest BCUT2D eigenvalue weighted by Crippen LogP contribution is -2.28. The highest BCUT2D eigenvalue weighted by Gasteiger charge is 2.04. The molecule has 0 saturated heterocycles. The molecule has 0 bridgehead atoms. The second kappa shape index (κ2) is 7.31. The lowest BCUT2D eigenvalue weighted by Gasteiger charge is -2.15. The molecule has 1 aromatic heterocycles. The maximum absolute atomic E-state index is 5.87. The Hall–Kier alpha value is -1.32. The van der Waals surface area contributed by atoms with Crippen molar-refractivity contribution in [3.8, 4) is 5.75 Å². The molecule has 3 heteroatoms. The van der Waals surface area contributed by atoms with E-state index in [2.05, 4.69) is 60.9 Å². The first-order valence-corrected chi connectivity index (χ1v) is 7.64. The van der Waals surface area contributed by atoms with Gasteiger partial charge in [0.05, 0.1) is 0 Å². The summed E-state index contributed by atoms with van der Waals surface area (Å²) in [4.78, 5) is 1.36. The molecule has 0 aliphatic carbocycles. The molecule has 2 nitrogen and oxygen atoms in total. The van der Waals surface area contributed by atoms with Gasteiger partial charge in [-0.3, -0.25) is 0 Å². The van der Waals surface area contributed by atoms with Crippen LogP contribution < -0.4 is 10.1 Å². The van der Waals surface area contributed by atoms with Crippen LogP contribution in [0.25, 0.3) is 0 Å². The number of nitrogens with one attached hydrogen (secondary N) is 1. The summed E-state index contributed by atoms with van der Waals surface area (Å²) in [6.45, 7) is 6.02. The molecular weight excluding hydrogens is 254 g/mol. The zero-order valence-electron chi connectivity index (χ0n) is 11.6. The first kappa shape index (κ1) is 14.1. The van der Waals surface area contributed by atoms with E-state index in [9.17, 15) is 0 Å². The Balaban J connectivity index is 1.72. The van der Waals surface area contributed by atoms with Crippen LogP contribution in [0.15, 0.2) is 41.8 Å². The summed E-state index contributed by atoms with van der Waals surface area (Å²) in [5, 5.41) is 5.52. The fraction of sp³-hybridized carbons (Fsp3) is 0.375. The largest absolute Gasteiger partial charge is 0.489 e. The monoisotopic (exact) mass is 275 g/mol. The number of aryl methyl sites for hydroxylation is 1. The summed E-state index contributed by atoms with van der Waals surface area (Å²) < 4.78 is 5.87. The standard InChI is InChI=1S/C16H21NOS/c1-3-14-6-8-15(9-7-14)18-13(2)11-17-12-16-5-4-10-19-16/h4-10,13,17H,3,11-12H2,1-2H3. The third-order valence-electron chi connectivity index (χ3n) is 2.98. The molecule has 0 radical (unpaired) electrons. The van der Waals surface area contributed by atoms with Gasteiger partial charge >= 0.3 is 0 Å². The summed E-state index contributed by atoms with van der Waals surface area (Å²) in [6.07, 6.45) is 1.24. The molecule has 1 atom stereocenters. The molecular formula is C16H21NOS. The average Bonchev–Trinajstić information content (AvgIpc) is 2.93. The Morgan fingerprint density at radius 1 is 1.21 bits per heavy atom. The zero-order valence-corrected chi connectivity index (χ0v) is 12.4. The zero-order chi connectivity index (χ0) is 13.5. The van der Waals surface area contributed by atoms with Crippen LogP contribution in [0.1, 0.15) is 24.3 Å². The highest BCUT2D eigenvalue weighted by atomic mass is 32.1. The predicted molar refractivity (Wildman–Crippen MR) is 81.9 cm³/mol. The summed E-state index contributed by atoms with van der Waals surface area (Å²) in [5.41, 5.74) is 1.34. The number of thiophene rings is 1. The molecule has 19 heavy (non-hydrogen) atoms. The molecule has 0 amide bonds. The lowest BCUT2D eigenvalue weighted by molar-refractivity contribution is 0.217. The van der Waals surface area contributed by atoms with Crippen LogP contribution in [0, 0.1) is 0 Å². The van der Waals surface area contributed by atoms with Gasteiger partial charge in [0.25, 0.3) is 0 Å². The van der Waals surface area contributed by atoms with Crippen molar-refractivity contribution in [1.29, 1.82) is 0 Å². The van der Waals surface area contributed by atoms with E-state index in [-0.39, 0.29) is 6.10 Å². The van der Waals surface area contributed by atoms with Crippen LogP contribution in [0.4, 0.5) is 0 Å². The van der Waals surface area contributed by atoms with Gasteiger partial charge in [0.1, 0.15) is 11.9 Å². The van der Waals surface area contributed by atoms with Gasteiger partial charge in [-0.2, -0.15) is 0 Å². The second-order valence-corrected chi connectivity index (χ2v) is 5.67. The topological polar surface area (TPSA) is 21.3 Å². The highest BCUT2D eigenvalue weighted by molar-refractivity contribution is 7.09. The van der Waals surface area contributed by atoms with Crippen molar-refractivity contribution >= 4 is 11.3 Å². The number of ether oxygens (including phenoxy) is 1. The Morgan fingerprint density at radius 2 is 2.00 bits per heavy atom. The van der Waals surface area contributed by atoms with Gasteiger partial charge in [-0.1, -0.05) is 25.1 Å². The molecule has 1 N–H and O–H groups in total. The van der Waals surface area contributed by atoms with E-state index in [0.717, 1.165) is 25.3 Å². The van der Waals surface area contributed by atoms with Gasteiger partial charge in [0.2, 0.25) is 0 Å². The summed E-state index contributed by atoms with van der Waals surface area (Å²) in [6, 6.07) is 12.6. The van der Waals surface area contributed by atoms with Crippen molar-refractivity contribution < 1.29 is 4.74 Å². The number of hydrogen-bond acceptors (Lipinski definition) is 3. The van der Waals surface area contributed by atoms with Gasteiger partial charge in [-0.15, -0.1) is 11.3 Å². The van der Waals surface area contributed by atoms with Crippen molar-refractivity contribution in [3.63, 3.8) is 0 Å². The summed E-state index contributed by atoms with van der Waals surface area (Å²) in [5.74, 6) is 0.947. The number of hydrogen-bond donors (Lipinski definition) is 1. The van der Waals surface area contributed by atoms with E-state index >= 15 is 0 Å². The maximum Gasteiger partial charge on any atom is 0.119 e. The first-order valence-electron chi connectivity index (χ1n) is 6.76. The molecule has 1 unspecified atom stereocenters. The Bertz CT molecular complexity index is 464. The first-order chi connectivity index (χ1) is 9.28. The third-order valence-corrected chi connectivity index (χ3v) is 3.86. The molecule has 0 fully saturated rings. The van der Waals surface area contributed by atoms with Crippen LogP contribution in [-0.2, 0) is 13.0 Å². The Kier molecular flexibility index (Phi) is 5.43. The fourth-order valence-electron chi connectivity index (χ4n) is 1.89. The van der Waals surface area contributed by atoms with Gasteiger partial charge in [-0.05, 0) is 42.5 Å². The normalized spacial score (nSPS) is 12.3. The van der Waals surface area contributed by atoms with Crippen LogP contribution in [0.5, 0.6) is 5.75 Å². The van der Waals surface area contributed by atoms with Crippen LogP contribution in [0.3, 0.4) is 0 Å². The van der Waals surface area contributed by atoms with E-state index in [1.165, 1.54) is 10.4 Å². The molecule has 0 aliphatic rings. The van der Waals surface area contributed by atoms with Crippen LogP contribution >= 0.6 is 11.3 Å². The molecule has 2 rings (SSSR count). The molecule has 0 saturated carbocycles. The van der Waals surface area contributed by atoms with E-state index in [1.54, 1.807) is 11.3 Å². The van der Waals surface area contributed by atoms with Crippen LogP contribution in [0.2, 0.25) is 0 Å². The van der Waals surface area contributed by atoms with Crippen LogP contribution in [-0.4, -0.2) is 12.6 Å². The minimum Gasteiger partial charge on any atom is -0.489 e. The molecule has 102 valence electrons. The van der Waals surface area contributed by atoms with Crippen molar-refractivity contribution in [2.75, 3.05) is 6.54 Å². The maximum atomic E-state index is 5.87. The van der Waals surface area contributed by atoms with E-state index < -0.39 is 0 Å². The Morgan fingerprint density at radius 3 is 2.63 bits per heavy atom. The SMILES string of the molecule is CCc1ccc(OC(C)CNCc2cccs2)cc1. The average molecular weight is 275 g/mol. The third kappa shape index (κ3) is 4.69. The number of rotatable bonds is 7. The number of benzene rings is 1. The van der Waals surface area contributed by atoms with E-state index in [4.69, 9.17) is 4.74 Å². The van der Waals surface area contributed by atoms with E-state index in [1.807, 2.05) is 0 Å². The second-order valence-electron chi connectivity index (χ2n) is 4.64. The molecule has 0 aliphatic heterocycles. The van der Waals surface area contributed by atoms with Gasteiger partial charge < -0.3 is 10.1 Å². The fourth-order valence-corrected chi connectivity index (χ4v) is 2.56. The van der Waals surface area contributed by atoms with Gasteiger partial charge in [0, 0.05) is 18.0 Å². The minimum absolute atomic E-state index is 0.174. The predicted octanol–water partition coefficient (Wildman–Crippen LogP) is 3.87. The Labute approximate surface area is 119 Å². The molecule has 1 heterocycles. The van der Waals surface area contributed by atoms with Crippen molar-refractivity contribution in [2.45, 2.75) is 32.9 Å². The quantitative estimate of drug-likeness (QED) is 0.828. The van der Waals surface area contributed by atoms with Crippen molar-refractivity contribution in [3.05, 3.63) is 52.2 Å². The lowest BCUT2D eigenvalue weighted by atomic mass is 10.2. The minimum atomic E-state index is 0.174. The summed E-state index contributed by atoms with van der Waals surface area (Å²) >= 11 is 1.78. The van der Waals surface area contributed by atoms with E-state index in [0.29, 0.717) is 0 Å². The van der Waals surface area contributed by atoms with Gasteiger partial charge in [0.15, 0.2) is 0 Å². The van der Waals surface area contributed by atoms with Crippen molar-refractivity contribution in [2.24, 2.45) is 0 Å². The smallest absolute Gasteiger partial charge is 0.119 e. The van der Waals surface area contributed by atoms with Crippen molar-refractivity contribution in [1.82, 2.24) is 5.32 Å².